The molecule has 0 aromatic heterocycles. The number of anilines is 1. The molecule has 90 valence electrons. The molecule has 6 heteroatoms. The van der Waals surface area contributed by atoms with Crippen LogP contribution in [-0.4, -0.2) is 20.3 Å². The van der Waals surface area contributed by atoms with E-state index in [1.807, 2.05) is 0 Å². The molecule has 0 spiro atoms. The van der Waals surface area contributed by atoms with E-state index < -0.39 is 29.0 Å². The zero-order valence-electron chi connectivity index (χ0n) is 8.62. The first kappa shape index (κ1) is 12.8. The van der Waals surface area contributed by atoms with Crippen LogP contribution in [0.15, 0.2) is 6.07 Å². The van der Waals surface area contributed by atoms with Crippen LogP contribution in [0.4, 0.5) is 23.2 Å². The summed E-state index contributed by atoms with van der Waals surface area (Å²) in [6, 6.07) is 0.172. The predicted molar refractivity (Wildman–Crippen MR) is 51.3 cm³/mol. The molecule has 0 atom stereocenters. The summed E-state index contributed by atoms with van der Waals surface area (Å²) in [6.07, 6.45) is 0.466. The van der Waals surface area contributed by atoms with E-state index in [1.54, 1.807) is 0 Å². The Kier molecular flexibility index (Phi) is 4.54. The Hall–Kier alpha value is -1.30. The van der Waals surface area contributed by atoms with Gasteiger partial charge >= 0.3 is 0 Å². The summed E-state index contributed by atoms with van der Waals surface area (Å²) in [7, 11) is 1.48. The van der Waals surface area contributed by atoms with Crippen molar-refractivity contribution in [2.24, 2.45) is 0 Å². The molecule has 0 saturated heterocycles. The molecule has 0 aliphatic rings. The Bertz CT molecular complexity index is 344. The Labute approximate surface area is 90.2 Å². The van der Waals surface area contributed by atoms with Gasteiger partial charge in [0.05, 0.1) is 0 Å². The minimum atomic E-state index is -1.42. The Morgan fingerprint density at radius 1 is 1.12 bits per heavy atom. The van der Waals surface area contributed by atoms with Crippen molar-refractivity contribution in [1.29, 1.82) is 0 Å². The monoisotopic (exact) mass is 237 g/mol. The molecular weight excluding hydrogens is 226 g/mol. The molecule has 1 rings (SSSR count). The lowest BCUT2D eigenvalue weighted by molar-refractivity contribution is 0.197. The molecule has 0 heterocycles. The van der Waals surface area contributed by atoms with Gasteiger partial charge in [-0.05, 0) is 6.42 Å². The van der Waals surface area contributed by atoms with Gasteiger partial charge in [-0.2, -0.15) is 0 Å². The number of benzene rings is 1. The molecule has 1 aromatic rings. The summed E-state index contributed by atoms with van der Waals surface area (Å²) in [5, 5.41) is 2.29. The SMILES string of the molecule is COCCCNc1c(F)c(F)cc(F)c1F. The lowest BCUT2D eigenvalue weighted by atomic mass is 10.2. The third kappa shape index (κ3) is 2.85. The average Bonchev–Trinajstić information content (AvgIpc) is 2.25. The first-order chi connectivity index (χ1) is 7.57. The molecule has 0 unspecified atom stereocenters. The maximum absolute atomic E-state index is 13.1. The predicted octanol–water partition coefficient (Wildman–Crippen LogP) is 2.69. The molecule has 0 saturated carbocycles. The highest BCUT2D eigenvalue weighted by Gasteiger charge is 2.18. The Morgan fingerprint density at radius 3 is 2.19 bits per heavy atom. The van der Waals surface area contributed by atoms with Crippen molar-refractivity contribution < 1.29 is 22.3 Å². The van der Waals surface area contributed by atoms with Gasteiger partial charge < -0.3 is 10.1 Å². The van der Waals surface area contributed by atoms with E-state index >= 15 is 0 Å². The summed E-state index contributed by atoms with van der Waals surface area (Å²) in [6.45, 7) is 0.540. The lowest BCUT2D eigenvalue weighted by Gasteiger charge is -2.09. The number of hydrogen-bond donors (Lipinski definition) is 1. The van der Waals surface area contributed by atoms with E-state index in [9.17, 15) is 17.6 Å². The Balaban J connectivity index is 2.78. The van der Waals surface area contributed by atoms with Crippen LogP contribution >= 0.6 is 0 Å². The van der Waals surface area contributed by atoms with E-state index in [4.69, 9.17) is 4.74 Å². The molecule has 1 N–H and O–H groups in total. The molecule has 1 aromatic carbocycles. The van der Waals surface area contributed by atoms with Gasteiger partial charge in [0, 0.05) is 26.3 Å². The summed E-state index contributed by atoms with van der Waals surface area (Å²) in [5.41, 5.74) is -0.784. The zero-order chi connectivity index (χ0) is 12.1. The van der Waals surface area contributed by atoms with Crippen LogP contribution in [-0.2, 0) is 4.74 Å². The number of hydrogen-bond acceptors (Lipinski definition) is 2. The van der Waals surface area contributed by atoms with Gasteiger partial charge in [-0.25, -0.2) is 17.6 Å². The van der Waals surface area contributed by atoms with Crippen LogP contribution < -0.4 is 5.32 Å². The van der Waals surface area contributed by atoms with Gasteiger partial charge in [0.2, 0.25) is 0 Å². The second kappa shape index (κ2) is 5.69. The van der Waals surface area contributed by atoms with E-state index in [2.05, 4.69) is 5.32 Å². The fourth-order valence-electron chi connectivity index (χ4n) is 1.16. The van der Waals surface area contributed by atoms with E-state index in [1.165, 1.54) is 7.11 Å². The van der Waals surface area contributed by atoms with Crippen molar-refractivity contribution in [2.75, 3.05) is 25.6 Å². The number of methoxy groups -OCH3 is 1. The lowest BCUT2D eigenvalue weighted by Crippen LogP contribution is -2.10. The van der Waals surface area contributed by atoms with Crippen LogP contribution in [0.2, 0.25) is 0 Å². The first-order valence-corrected chi connectivity index (χ1v) is 4.63. The topological polar surface area (TPSA) is 21.3 Å². The fraction of sp³-hybridized carbons (Fsp3) is 0.400. The molecule has 0 aliphatic heterocycles. The normalized spacial score (nSPS) is 10.6. The van der Waals surface area contributed by atoms with Crippen molar-refractivity contribution in [1.82, 2.24) is 0 Å². The second-order valence-electron chi connectivity index (χ2n) is 3.12. The summed E-state index contributed by atoms with van der Waals surface area (Å²) in [4.78, 5) is 0. The van der Waals surface area contributed by atoms with E-state index in [0.717, 1.165) is 0 Å². The second-order valence-corrected chi connectivity index (χ2v) is 3.12. The van der Waals surface area contributed by atoms with Gasteiger partial charge in [-0.15, -0.1) is 0 Å². The van der Waals surface area contributed by atoms with Gasteiger partial charge in [0.15, 0.2) is 23.3 Å². The van der Waals surface area contributed by atoms with E-state index in [0.29, 0.717) is 13.0 Å². The standard InChI is InChI=1S/C10H11F4NO/c1-16-4-2-3-15-10-8(13)6(11)5-7(12)9(10)14/h5,15H,2-4H2,1H3. The maximum atomic E-state index is 13.1. The van der Waals surface area contributed by atoms with Gasteiger partial charge in [-0.3, -0.25) is 0 Å². The maximum Gasteiger partial charge on any atom is 0.185 e. The van der Waals surface area contributed by atoms with Crippen LogP contribution in [0.1, 0.15) is 6.42 Å². The first-order valence-electron chi connectivity index (χ1n) is 4.63. The highest BCUT2D eigenvalue weighted by Crippen LogP contribution is 2.23. The van der Waals surface area contributed by atoms with Crippen LogP contribution in [0, 0.1) is 23.3 Å². The van der Waals surface area contributed by atoms with Crippen LogP contribution in [0.3, 0.4) is 0 Å². The highest BCUT2D eigenvalue weighted by atomic mass is 19.2. The molecular formula is C10H11F4NO. The van der Waals surface area contributed by atoms with Crippen molar-refractivity contribution in [2.45, 2.75) is 6.42 Å². The number of ether oxygens (including phenoxy) is 1. The number of nitrogens with one attached hydrogen (secondary N) is 1. The minimum absolute atomic E-state index is 0.157. The molecule has 0 radical (unpaired) electrons. The van der Waals surface area contributed by atoms with Crippen molar-refractivity contribution in [3.8, 4) is 0 Å². The van der Waals surface area contributed by atoms with Crippen molar-refractivity contribution in [3.05, 3.63) is 29.3 Å². The summed E-state index contributed by atoms with van der Waals surface area (Å²) < 4.78 is 56.4. The third-order valence-corrected chi connectivity index (χ3v) is 1.94. The van der Waals surface area contributed by atoms with Crippen molar-refractivity contribution in [3.63, 3.8) is 0 Å². The van der Waals surface area contributed by atoms with Gasteiger partial charge in [0.1, 0.15) is 5.69 Å². The van der Waals surface area contributed by atoms with Crippen LogP contribution in [0.25, 0.3) is 0 Å². The van der Waals surface area contributed by atoms with E-state index in [-0.39, 0.29) is 12.6 Å². The molecule has 2 nitrogen and oxygen atoms in total. The quantitative estimate of drug-likeness (QED) is 0.483. The zero-order valence-corrected chi connectivity index (χ0v) is 8.62. The Morgan fingerprint density at radius 2 is 1.69 bits per heavy atom. The molecule has 0 fully saturated rings. The molecule has 0 bridgehead atoms. The van der Waals surface area contributed by atoms with Crippen molar-refractivity contribution >= 4 is 5.69 Å². The number of halogens is 4. The fourth-order valence-corrected chi connectivity index (χ4v) is 1.16. The average molecular weight is 237 g/mol. The van der Waals surface area contributed by atoms with Crippen LogP contribution in [0.5, 0.6) is 0 Å². The largest absolute Gasteiger partial charge is 0.385 e. The van der Waals surface area contributed by atoms with Gasteiger partial charge in [0.25, 0.3) is 0 Å². The minimum Gasteiger partial charge on any atom is -0.385 e. The number of rotatable bonds is 5. The molecule has 16 heavy (non-hydrogen) atoms. The molecule has 0 aliphatic carbocycles. The smallest absolute Gasteiger partial charge is 0.185 e. The summed E-state index contributed by atoms with van der Waals surface area (Å²) >= 11 is 0. The van der Waals surface area contributed by atoms with Gasteiger partial charge in [-0.1, -0.05) is 0 Å². The highest BCUT2D eigenvalue weighted by molar-refractivity contribution is 5.47. The third-order valence-electron chi connectivity index (χ3n) is 1.94. The summed E-state index contributed by atoms with van der Waals surface area (Å²) in [5.74, 6) is -5.69. The molecule has 0 amide bonds.